The highest BCUT2D eigenvalue weighted by Gasteiger charge is 2.12. The quantitative estimate of drug-likeness (QED) is 0.696. The van der Waals surface area contributed by atoms with E-state index in [0.717, 1.165) is 12.8 Å². The van der Waals surface area contributed by atoms with Crippen LogP contribution in [0, 0.1) is 0 Å². The Morgan fingerprint density at radius 2 is 2.13 bits per heavy atom. The molecule has 0 saturated heterocycles. The van der Waals surface area contributed by atoms with Crippen LogP contribution in [0.25, 0.3) is 0 Å². The van der Waals surface area contributed by atoms with Crippen molar-refractivity contribution in [1.82, 2.24) is 0 Å². The van der Waals surface area contributed by atoms with E-state index in [1.54, 1.807) is 18.2 Å². The van der Waals surface area contributed by atoms with Gasteiger partial charge in [-0.05, 0) is 37.5 Å². The number of benzene rings is 1. The standard InChI is InChI=1S/C12H12Cl2O/c13-9-6-7-11(14)12(8-9)15-10-4-2-1-3-5-10/h2,4,6-8,10H,1,3,5H2. The lowest BCUT2D eigenvalue weighted by atomic mass is 10.1. The zero-order chi connectivity index (χ0) is 10.7. The average molecular weight is 243 g/mol. The molecule has 0 bridgehead atoms. The van der Waals surface area contributed by atoms with Gasteiger partial charge in [0.2, 0.25) is 0 Å². The maximum atomic E-state index is 6.01. The highest BCUT2D eigenvalue weighted by atomic mass is 35.5. The van der Waals surface area contributed by atoms with Crippen molar-refractivity contribution in [2.45, 2.75) is 25.4 Å². The molecule has 0 saturated carbocycles. The van der Waals surface area contributed by atoms with E-state index in [2.05, 4.69) is 12.2 Å². The second kappa shape index (κ2) is 4.91. The zero-order valence-corrected chi connectivity index (χ0v) is 9.76. The van der Waals surface area contributed by atoms with E-state index in [1.165, 1.54) is 6.42 Å². The minimum atomic E-state index is 0.134. The summed E-state index contributed by atoms with van der Waals surface area (Å²) in [5, 5.41) is 1.26. The van der Waals surface area contributed by atoms with E-state index in [4.69, 9.17) is 27.9 Å². The topological polar surface area (TPSA) is 9.23 Å². The number of hydrogen-bond acceptors (Lipinski definition) is 1. The van der Waals surface area contributed by atoms with E-state index in [9.17, 15) is 0 Å². The van der Waals surface area contributed by atoms with Crippen LogP contribution < -0.4 is 4.74 Å². The summed E-state index contributed by atoms with van der Waals surface area (Å²) in [6.07, 6.45) is 7.71. The number of allylic oxidation sites excluding steroid dienone is 1. The van der Waals surface area contributed by atoms with Crippen molar-refractivity contribution >= 4 is 23.2 Å². The summed E-state index contributed by atoms with van der Waals surface area (Å²) in [5.74, 6) is 0.667. The fraction of sp³-hybridized carbons (Fsp3) is 0.333. The third kappa shape index (κ3) is 2.90. The molecular formula is C12H12Cl2O. The first-order valence-electron chi connectivity index (χ1n) is 5.04. The second-order valence-corrected chi connectivity index (χ2v) is 4.43. The number of ether oxygens (including phenoxy) is 1. The Kier molecular flexibility index (Phi) is 3.55. The summed E-state index contributed by atoms with van der Waals surface area (Å²) < 4.78 is 5.76. The Morgan fingerprint density at radius 3 is 2.87 bits per heavy atom. The van der Waals surface area contributed by atoms with Gasteiger partial charge in [-0.15, -0.1) is 0 Å². The summed E-state index contributed by atoms with van der Waals surface area (Å²) in [6.45, 7) is 0. The molecule has 1 aromatic carbocycles. The lowest BCUT2D eigenvalue weighted by molar-refractivity contribution is 0.230. The monoisotopic (exact) mass is 242 g/mol. The van der Waals surface area contributed by atoms with Crippen molar-refractivity contribution in [2.24, 2.45) is 0 Å². The molecule has 1 unspecified atom stereocenters. The molecule has 0 amide bonds. The van der Waals surface area contributed by atoms with E-state index in [0.29, 0.717) is 15.8 Å². The molecule has 1 aliphatic carbocycles. The van der Waals surface area contributed by atoms with Gasteiger partial charge in [-0.2, -0.15) is 0 Å². The summed E-state index contributed by atoms with van der Waals surface area (Å²) in [5.41, 5.74) is 0. The maximum Gasteiger partial charge on any atom is 0.140 e. The van der Waals surface area contributed by atoms with Crippen molar-refractivity contribution in [2.75, 3.05) is 0 Å². The van der Waals surface area contributed by atoms with Gasteiger partial charge in [0.05, 0.1) is 5.02 Å². The van der Waals surface area contributed by atoms with Gasteiger partial charge in [-0.3, -0.25) is 0 Å². The van der Waals surface area contributed by atoms with Crippen molar-refractivity contribution in [3.63, 3.8) is 0 Å². The molecular weight excluding hydrogens is 231 g/mol. The Morgan fingerprint density at radius 1 is 1.27 bits per heavy atom. The van der Waals surface area contributed by atoms with Gasteiger partial charge in [0.1, 0.15) is 11.9 Å². The Labute approximate surface area is 99.6 Å². The number of rotatable bonds is 2. The van der Waals surface area contributed by atoms with Gasteiger partial charge in [0.15, 0.2) is 0 Å². The second-order valence-electron chi connectivity index (χ2n) is 3.59. The lowest BCUT2D eigenvalue weighted by Gasteiger charge is -2.19. The fourth-order valence-electron chi connectivity index (χ4n) is 1.61. The molecule has 1 aromatic rings. The van der Waals surface area contributed by atoms with E-state index >= 15 is 0 Å². The lowest BCUT2D eigenvalue weighted by Crippen LogP contribution is -2.15. The summed E-state index contributed by atoms with van der Waals surface area (Å²) in [7, 11) is 0. The summed E-state index contributed by atoms with van der Waals surface area (Å²) in [6, 6.07) is 5.27. The molecule has 3 heteroatoms. The molecule has 1 aliphatic rings. The van der Waals surface area contributed by atoms with Gasteiger partial charge >= 0.3 is 0 Å². The van der Waals surface area contributed by atoms with Crippen LogP contribution in [0.15, 0.2) is 30.4 Å². The molecule has 0 heterocycles. The van der Waals surface area contributed by atoms with Gasteiger partial charge < -0.3 is 4.74 Å². The van der Waals surface area contributed by atoms with Crippen molar-refractivity contribution in [3.05, 3.63) is 40.4 Å². The van der Waals surface area contributed by atoms with Crippen LogP contribution in [0.5, 0.6) is 5.75 Å². The highest BCUT2D eigenvalue weighted by molar-refractivity contribution is 6.34. The molecule has 1 nitrogen and oxygen atoms in total. The van der Waals surface area contributed by atoms with Crippen molar-refractivity contribution < 1.29 is 4.74 Å². The minimum absolute atomic E-state index is 0.134. The van der Waals surface area contributed by atoms with Crippen LogP contribution in [0.4, 0.5) is 0 Å². The minimum Gasteiger partial charge on any atom is -0.485 e. The van der Waals surface area contributed by atoms with Crippen LogP contribution in [0.2, 0.25) is 10.0 Å². The van der Waals surface area contributed by atoms with Gasteiger partial charge in [0.25, 0.3) is 0 Å². The van der Waals surface area contributed by atoms with Crippen LogP contribution in [0.3, 0.4) is 0 Å². The first-order chi connectivity index (χ1) is 7.25. The highest BCUT2D eigenvalue weighted by Crippen LogP contribution is 2.30. The molecule has 0 aliphatic heterocycles. The Balaban J connectivity index is 2.12. The maximum absolute atomic E-state index is 6.01. The first-order valence-corrected chi connectivity index (χ1v) is 5.79. The van der Waals surface area contributed by atoms with E-state index in [-0.39, 0.29) is 6.10 Å². The molecule has 0 aromatic heterocycles. The Hall–Kier alpha value is -0.660. The molecule has 80 valence electrons. The third-order valence-corrected chi connectivity index (χ3v) is 2.93. The molecule has 0 fully saturated rings. The third-order valence-electron chi connectivity index (χ3n) is 2.38. The summed E-state index contributed by atoms with van der Waals surface area (Å²) >= 11 is 11.9. The van der Waals surface area contributed by atoms with Crippen LogP contribution in [-0.2, 0) is 0 Å². The summed E-state index contributed by atoms with van der Waals surface area (Å²) in [4.78, 5) is 0. The van der Waals surface area contributed by atoms with Crippen LogP contribution in [-0.4, -0.2) is 6.10 Å². The van der Waals surface area contributed by atoms with Crippen LogP contribution in [0.1, 0.15) is 19.3 Å². The van der Waals surface area contributed by atoms with E-state index < -0.39 is 0 Å². The fourth-order valence-corrected chi connectivity index (χ4v) is 1.93. The van der Waals surface area contributed by atoms with Gasteiger partial charge in [-0.1, -0.05) is 29.3 Å². The zero-order valence-electron chi connectivity index (χ0n) is 8.25. The molecule has 0 spiro atoms. The average Bonchev–Trinajstić information content (AvgIpc) is 2.25. The first kappa shape index (κ1) is 10.8. The largest absolute Gasteiger partial charge is 0.485 e. The van der Waals surface area contributed by atoms with E-state index in [1.807, 2.05) is 0 Å². The smallest absolute Gasteiger partial charge is 0.140 e. The van der Waals surface area contributed by atoms with Gasteiger partial charge in [0, 0.05) is 11.1 Å². The van der Waals surface area contributed by atoms with Gasteiger partial charge in [-0.25, -0.2) is 0 Å². The predicted octanol–water partition coefficient (Wildman–Crippen LogP) is 4.48. The molecule has 1 atom stereocenters. The number of halogens is 2. The molecule has 0 N–H and O–H groups in total. The molecule has 15 heavy (non-hydrogen) atoms. The Bertz CT molecular complexity index is 374. The SMILES string of the molecule is Clc1ccc(Cl)c(OC2C=CCCC2)c1. The van der Waals surface area contributed by atoms with Crippen molar-refractivity contribution in [3.8, 4) is 5.75 Å². The van der Waals surface area contributed by atoms with Crippen molar-refractivity contribution in [1.29, 1.82) is 0 Å². The van der Waals surface area contributed by atoms with Crippen LogP contribution >= 0.6 is 23.2 Å². The predicted molar refractivity (Wildman–Crippen MR) is 63.9 cm³/mol. The molecule has 2 rings (SSSR count). The molecule has 0 radical (unpaired) electrons. The normalized spacial score (nSPS) is 20.3. The number of hydrogen-bond donors (Lipinski definition) is 0.